The fourth-order valence-electron chi connectivity index (χ4n) is 1.84. The molecule has 0 heterocycles. The first-order valence-corrected chi connectivity index (χ1v) is 7.14. The summed E-state index contributed by atoms with van der Waals surface area (Å²) in [4.78, 5) is 23.8. The van der Waals surface area contributed by atoms with Crippen LogP contribution in [0.25, 0.3) is 0 Å². The number of para-hydroxylation sites is 1. The van der Waals surface area contributed by atoms with Gasteiger partial charge in [-0.15, -0.1) is 0 Å². The number of anilines is 1. The summed E-state index contributed by atoms with van der Waals surface area (Å²) in [6, 6.07) is 7.45. The van der Waals surface area contributed by atoms with Crippen LogP contribution in [-0.4, -0.2) is 29.1 Å². The number of amides is 2. The normalized spacial score (nSPS) is 12.6. The van der Waals surface area contributed by atoms with E-state index in [9.17, 15) is 9.59 Å². The molecule has 1 unspecified atom stereocenters. The average molecular weight is 292 g/mol. The van der Waals surface area contributed by atoms with Crippen molar-refractivity contribution in [2.75, 3.05) is 11.9 Å². The van der Waals surface area contributed by atoms with Crippen LogP contribution >= 0.6 is 0 Å². The van der Waals surface area contributed by atoms with Gasteiger partial charge in [0.25, 0.3) is 0 Å². The summed E-state index contributed by atoms with van der Waals surface area (Å²) in [5, 5.41) is 14.2. The fraction of sp³-hybridized carbons (Fsp3) is 0.500. The smallest absolute Gasteiger partial charge is 0.313 e. The van der Waals surface area contributed by atoms with E-state index in [2.05, 4.69) is 24.5 Å². The summed E-state index contributed by atoms with van der Waals surface area (Å²) < 4.78 is 0. The van der Waals surface area contributed by atoms with Gasteiger partial charge in [0.05, 0.1) is 12.1 Å². The van der Waals surface area contributed by atoms with Crippen LogP contribution in [0, 0.1) is 0 Å². The number of hydrogen-bond acceptors (Lipinski definition) is 3. The molecule has 0 aliphatic carbocycles. The lowest BCUT2D eigenvalue weighted by Gasteiger charge is -2.23. The fourth-order valence-corrected chi connectivity index (χ4v) is 1.84. The van der Waals surface area contributed by atoms with Crippen molar-refractivity contribution in [1.82, 2.24) is 5.32 Å². The Balaban J connectivity index is 2.82. The molecule has 0 aliphatic heterocycles. The highest BCUT2D eigenvalue weighted by Crippen LogP contribution is 2.26. The molecule has 5 heteroatoms. The molecule has 0 aliphatic rings. The summed E-state index contributed by atoms with van der Waals surface area (Å²) in [5.74, 6) is -1.20. The van der Waals surface area contributed by atoms with E-state index in [1.807, 2.05) is 18.2 Å². The van der Waals surface area contributed by atoms with Crippen molar-refractivity contribution in [2.45, 2.75) is 45.6 Å². The molecule has 0 bridgehead atoms. The van der Waals surface area contributed by atoms with Crippen molar-refractivity contribution in [3.05, 3.63) is 29.8 Å². The molecule has 116 valence electrons. The van der Waals surface area contributed by atoms with Crippen LogP contribution < -0.4 is 10.6 Å². The van der Waals surface area contributed by atoms with Gasteiger partial charge in [-0.3, -0.25) is 9.59 Å². The monoisotopic (exact) mass is 292 g/mol. The second-order valence-electron chi connectivity index (χ2n) is 5.85. The van der Waals surface area contributed by atoms with E-state index in [1.54, 1.807) is 19.9 Å². The predicted octanol–water partition coefficient (Wildman–Crippen LogP) is 2.03. The van der Waals surface area contributed by atoms with Gasteiger partial charge in [0.2, 0.25) is 0 Å². The number of carbonyl (C=O) groups excluding carboxylic acids is 2. The summed E-state index contributed by atoms with van der Waals surface area (Å²) in [6.07, 6.45) is 0.941. The molecule has 1 aromatic carbocycles. The lowest BCUT2D eigenvalue weighted by atomic mass is 9.97. The third-order valence-electron chi connectivity index (χ3n) is 3.41. The maximum absolute atomic E-state index is 12.0. The summed E-state index contributed by atoms with van der Waals surface area (Å²) >= 11 is 0. The van der Waals surface area contributed by atoms with Crippen LogP contribution in [0.1, 0.15) is 45.6 Å². The van der Waals surface area contributed by atoms with E-state index in [0.717, 1.165) is 12.0 Å². The number of hydrogen-bond donors (Lipinski definition) is 3. The van der Waals surface area contributed by atoms with E-state index < -0.39 is 17.4 Å². The lowest BCUT2D eigenvalue weighted by Crippen LogP contribution is -2.50. The van der Waals surface area contributed by atoms with Crippen LogP contribution in [0.4, 0.5) is 5.69 Å². The minimum atomic E-state index is -0.829. The number of aliphatic hydroxyl groups excluding tert-OH is 1. The van der Waals surface area contributed by atoms with E-state index in [-0.39, 0.29) is 6.61 Å². The van der Waals surface area contributed by atoms with Crippen LogP contribution in [0.5, 0.6) is 0 Å². The highest BCUT2D eigenvalue weighted by molar-refractivity contribution is 6.39. The van der Waals surface area contributed by atoms with Gasteiger partial charge in [0.1, 0.15) is 0 Å². The molecule has 21 heavy (non-hydrogen) atoms. The molecule has 0 saturated heterocycles. The summed E-state index contributed by atoms with van der Waals surface area (Å²) in [6.45, 7) is 7.19. The van der Waals surface area contributed by atoms with Crippen molar-refractivity contribution in [3.8, 4) is 0 Å². The maximum Gasteiger partial charge on any atom is 0.313 e. The molecular formula is C16H24N2O3. The third kappa shape index (κ3) is 4.86. The van der Waals surface area contributed by atoms with Gasteiger partial charge >= 0.3 is 11.8 Å². The van der Waals surface area contributed by atoms with E-state index in [4.69, 9.17) is 5.11 Å². The summed E-state index contributed by atoms with van der Waals surface area (Å²) in [7, 11) is 0. The molecule has 0 radical (unpaired) electrons. The molecule has 0 saturated carbocycles. The lowest BCUT2D eigenvalue weighted by molar-refractivity contribution is -0.137. The van der Waals surface area contributed by atoms with Gasteiger partial charge in [-0.1, -0.05) is 32.0 Å². The number of benzene rings is 1. The van der Waals surface area contributed by atoms with E-state index in [0.29, 0.717) is 11.6 Å². The number of aliphatic hydroxyl groups is 1. The summed E-state index contributed by atoms with van der Waals surface area (Å²) in [5.41, 5.74) is 0.821. The van der Waals surface area contributed by atoms with Crippen molar-refractivity contribution in [3.63, 3.8) is 0 Å². The highest BCUT2D eigenvalue weighted by Gasteiger charge is 2.24. The van der Waals surface area contributed by atoms with E-state index >= 15 is 0 Å². The zero-order chi connectivity index (χ0) is 16.0. The quantitative estimate of drug-likeness (QED) is 0.727. The molecule has 1 atom stereocenters. The number of carbonyl (C=O) groups is 2. The van der Waals surface area contributed by atoms with Gasteiger partial charge in [-0.25, -0.2) is 0 Å². The Kier molecular flexibility index (Phi) is 5.90. The van der Waals surface area contributed by atoms with Crippen LogP contribution in [0.3, 0.4) is 0 Å². The Morgan fingerprint density at radius 1 is 1.24 bits per heavy atom. The molecule has 2 amide bonds. The molecule has 0 spiro atoms. The Labute approximate surface area is 125 Å². The Hall–Kier alpha value is -1.88. The maximum atomic E-state index is 12.0. The molecule has 3 N–H and O–H groups in total. The topological polar surface area (TPSA) is 78.4 Å². The van der Waals surface area contributed by atoms with Gasteiger partial charge in [0, 0.05) is 5.69 Å². The molecule has 1 aromatic rings. The molecule has 0 aromatic heterocycles. The standard InChI is InChI=1S/C16H24N2O3/c1-5-11(2)12-8-6-7-9-13(12)17-14(20)15(21)18-16(3,4)10-19/h6-9,11,19H,5,10H2,1-4H3,(H,17,20)(H,18,21). The van der Waals surface area contributed by atoms with Gasteiger partial charge in [-0.05, 0) is 37.8 Å². The zero-order valence-corrected chi connectivity index (χ0v) is 13.1. The van der Waals surface area contributed by atoms with Crippen LogP contribution in [0.2, 0.25) is 0 Å². The molecule has 0 fully saturated rings. The zero-order valence-electron chi connectivity index (χ0n) is 13.1. The van der Waals surface area contributed by atoms with Crippen molar-refractivity contribution >= 4 is 17.5 Å². The van der Waals surface area contributed by atoms with Crippen molar-refractivity contribution in [1.29, 1.82) is 0 Å². The van der Waals surface area contributed by atoms with Crippen LogP contribution in [-0.2, 0) is 9.59 Å². The van der Waals surface area contributed by atoms with Gasteiger partial charge < -0.3 is 15.7 Å². The third-order valence-corrected chi connectivity index (χ3v) is 3.41. The second kappa shape index (κ2) is 7.22. The minimum absolute atomic E-state index is 0.241. The average Bonchev–Trinajstić information content (AvgIpc) is 2.46. The van der Waals surface area contributed by atoms with Crippen molar-refractivity contribution in [2.24, 2.45) is 0 Å². The molecular weight excluding hydrogens is 268 g/mol. The Morgan fingerprint density at radius 3 is 2.43 bits per heavy atom. The van der Waals surface area contributed by atoms with Crippen LogP contribution in [0.15, 0.2) is 24.3 Å². The van der Waals surface area contributed by atoms with Gasteiger partial charge in [-0.2, -0.15) is 0 Å². The molecule has 5 nitrogen and oxygen atoms in total. The first-order valence-electron chi connectivity index (χ1n) is 7.14. The first-order chi connectivity index (χ1) is 9.80. The largest absolute Gasteiger partial charge is 0.394 e. The predicted molar refractivity (Wildman–Crippen MR) is 83.1 cm³/mol. The molecule has 1 rings (SSSR count). The number of nitrogens with one attached hydrogen (secondary N) is 2. The Morgan fingerprint density at radius 2 is 1.86 bits per heavy atom. The van der Waals surface area contributed by atoms with E-state index in [1.165, 1.54) is 0 Å². The minimum Gasteiger partial charge on any atom is -0.394 e. The highest BCUT2D eigenvalue weighted by atomic mass is 16.3. The second-order valence-corrected chi connectivity index (χ2v) is 5.85. The SMILES string of the molecule is CCC(C)c1ccccc1NC(=O)C(=O)NC(C)(C)CO. The first kappa shape index (κ1) is 17.2. The number of rotatable bonds is 5. The van der Waals surface area contributed by atoms with Gasteiger partial charge in [0.15, 0.2) is 0 Å². The van der Waals surface area contributed by atoms with Crippen molar-refractivity contribution < 1.29 is 14.7 Å². The Bertz CT molecular complexity index is 512.